The lowest BCUT2D eigenvalue weighted by molar-refractivity contribution is 0.118. The first-order chi connectivity index (χ1) is 10.6. The fraction of sp³-hybridized carbons (Fsp3) is 0.562. The molecule has 0 saturated carbocycles. The zero-order valence-corrected chi connectivity index (χ0v) is 14.5. The van der Waals surface area contributed by atoms with E-state index in [1.165, 1.54) is 0 Å². The summed E-state index contributed by atoms with van der Waals surface area (Å²) in [5.74, 6) is 0.488. The highest BCUT2D eigenvalue weighted by molar-refractivity contribution is 6.37. The van der Waals surface area contributed by atoms with E-state index in [1.807, 2.05) is 6.92 Å². The quantitative estimate of drug-likeness (QED) is 0.820. The van der Waals surface area contributed by atoms with E-state index in [0.717, 1.165) is 38.3 Å². The van der Waals surface area contributed by atoms with Gasteiger partial charge in [-0.05, 0) is 31.2 Å². The first-order valence-corrected chi connectivity index (χ1v) is 8.34. The number of hydrogen-bond acceptors (Lipinski definition) is 4. The third-order valence-corrected chi connectivity index (χ3v) is 4.53. The summed E-state index contributed by atoms with van der Waals surface area (Å²) in [6.45, 7) is 9.28. The van der Waals surface area contributed by atoms with Crippen molar-refractivity contribution in [3.63, 3.8) is 0 Å². The minimum absolute atomic E-state index is 0.329. The molecule has 22 heavy (non-hydrogen) atoms. The van der Waals surface area contributed by atoms with Gasteiger partial charge in [-0.2, -0.15) is 5.26 Å². The van der Waals surface area contributed by atoms with Gasteiger partial charge in [-0.1, -0.05) is 30.1 Å². The molecule has 0 aromatic heterocycles. The van der Waals surface area contributed by atoms with Gasteiger partial charge >= 0.3 is 0 Å². The van der Waals surface area contributed by atoms with Gasteiger partial charge < -0.3 is 9.64 Å². The van der Waals surface area contributed by atoms with Crippen LogP contribution in [0.5, 0.6) is 5.75 Å². The smallest absolute Gasteiger partial charge is 0.156 e. The lowest BCUT2D eigenvalue weighted by Gasteiger charge is -2.36. The summed E-state index contributed by atoms with van der Waals surface area (Å²) in [4.78, 5) is 4.55. The monoisotopic (exact) mass is 341 g/mol. The van der Waals surface area contributed by atoms with Crippen LogP contribution in [0.25, 0.3) is 0 Å². The Balaban J connectivity index is 2.20. The molecular weight excluding hydrogens is 321 g/mol. The number of rotatable bonds is 5. The molecule has 0 N–H and O–H groups in total. The molecule has 1 atom stereocenters. The Morgan fingerprint density at radius 3 is 2.23 bits per heavy atom. The topological polar surface area (TPSA) is 39.5 Å². The molecule has 2 rings (SSSR count). The summed E-state index contributed by atoms with van der Waals surface area (Å²) in [7, 11) is 0. The van der Waals surface area contributed by atoms with Crippen molar-refractivity contribution < 1.29 is 4.74 Å². The van der Waals surface area contributed by atoms with Crippen LogP contribution in [0.2, 0.25) is 10.0 Å². The zero-order chi connectivity index (χ0) is 16.1. The van der Waals surface area contributed by atoms with E-state index in [2.05, 4.69) is 22.8 Å². The summed E-state index contributed by atoms with van der Waals surface area (Å²) >= 11 is 12.5. The van der Waals surface area contributed by atoms with Crippen LogP contribution in [0.3, 0.4) is 0 Å². The van der Waals surface area contributed by atoms with E-state index < -0.39 is 0 Å². The summed E-state index contributed by atoms with van der Waals surface area (Å²) in [5, 5.41) is 10.5. The van der Waals surface area contributed by atoms with Crippen molar-refractivity contribution in [3.05, 3.63) is 27.7 Å². The van der Waals surface area contributed by atoms with Gasteiger partial charge in [0.05, 0.1) is 22.7 Å². The third kappa shape index (κ3) is 3.85. The van der Waals surface area contributed by atoms with Crippen LogP contribution in [0.15, 0.2) is 12.1 Å². The minimum atomic E-state index is -0.329. The molecule has 0 bridgehead atoms. The number of hydrogen-bond donors (Lipinski definition) is 0. The molecule has 1 aliphatic rings. The summed E-state index contributed by atoms with van der Waals surface area (Å²) < 4.78 is 5.44. The van der Waals surface area contributed by atoms with E-state index >= 15 is 0 Å². The maximum Gasteiger partial charge on any atom is 0.156 e. The van der Waals surface area contributed by atoms with Gasteiger partial charge in [0, 0.05) is 26.2 Å². The molecular formula is C16H21Cl2N3O. The minimum Gasteiger partial charge on any atom is -0.491 e. The molecule has 1 saturated heterocycles. The Kier molecular flexibility index (Phi) is 6.34. The maximum atomic E-state index is 9.59. The van der Waals surface area contributed by atoms with Crippen molar-refractivity contribution in [2.24, 2.45) is 0 Å². The lowest BCUT2D eigenvalue weighted by Crippen LogP contribution is -2.47. The van der Waals surface area contributed by atoms with Crippen molar-refractivity contribution in [2.75, 3.05) is 39.3 Å². The second kappa shape index (κ2) is 8.03. The summed E-state index contributed by atoms with van der Waals surface area (Å²) in [6, 6.07) is 5.63. The highest BCUT2D eigenvalue weighted by atomic mass is 35.5. The predicted octanol–water partition coefficient (Wildman–Crippen LogP) is 3.59. The second-order valence-corrected chi connectivity index (χ2v) is 6.06. The maximum absolute atomic E-state index is 9.59. The number of piperazine rings is 1. The molecule has 1 aromatic rings. The van der Waals surface area contributed by atoms with Crippen molar-refractivity contribution in [3.8, 4) is 11.8 Å². The molecule has 0 spiro atoms. The molecule has 0 radical (unpaired) electrons. The van der Waals surface area contributed by atoms with Gasteiger partial charge in [0.25, 0.3) is 0 Å². The largest absolute Gasteiger partial charge is 0.491 e. The molecule has 1 fully saturated rings. The molecule has 1 aliphatic heterocycles. The number of nitrogens with zero attached hydrogens (tertiary/aromatic N) is 3. The summed E-state index contributed by atoms with van der Waals surface area (Å²) in [5.41, 5.74) is 0.825. The highest BCUT2D eigenvalue weighted by Gasteiger charge is 2.25. The van der Waals surface area contributed by atoms with Crippen molar-refractivity contribution in [2.45, 2.75) is 19.9 Å². The highest BCUT2D eigenvalue weighted by Crippen LogP contribution is 2.37. The first kappa shape index (κ1) is 17.4. The van der Waals surface area contributed by atoms with E-state index in [9.17, 15) is 5.26 Å². The van der Waals surface area contributed by atoms with Gasteiger partial charge in [-0.25, -0.2) is 0 Å². The molecule has 6 heteroatoms. The Bertz CT molecular complexity index is 528. The Labute approximate surface area is 142 Å². The Morgan fingerprint density at radius 2 is 1.77 bits per heavy atom. The van der Waals surface area contributed by atoms with Crippen LogP contribution in [-0.4, -0.2) is 49.1 Å². The number of benzene rings is 1. The van der Waals surface area contributed by atoms with Gasteiger partial charge in [-0.15, -0.1) is 0 Å². The number of halogens is 2. The molecule has 1 heterocycles. The van der Waals surface area contributed by atoms with Crippen LogP contribution in [0, 0.1) is 11.3 Å². The van der Waals surface area contributed by atoms with Crippen molar-refractivity contribution >= 4 is 23.2 Å². The molecule has 0 aliphatic carbocycles. The van der Waals surface area contributed by atoms with Gasteiger partial charge in [0.1, 0.15) is 6.04 Å². The fourth-order valence-corrected chi connectivity index (χ4v) is 3.34. The van der Waals surface area contributed by atoms with E-state index in [0.29, 0.717) is 22.4 Å². The molecule has 0 amide bonds. The van der Waals surface area contributed by atoms with Crippen LogP contribution >= 0.6 is 23.2 Å². The van der Waals surface area contributed by atoms with Crippen LogP contribution in [0.1, 0.15) is 25.5 Å². The van der Waals surface area contributed by atoms with Crippen LogP contribution in [-0.2, 0) is 0 Å². The third-order valence-electron chi connectivity index (χ3n) is 3.97. The SMILES string of the molecule is CCOc1c(Cl)cc(C(C#N)N2CCN(CC)CC2)cc1Cl. The number of nitriles is 1. The summed E-state index contributed by atoms with van der Waals surface area (Å²) in [6.07, 6.45) is 0. The van der Waals surface area contributed by atoms with E-state index in [-0.39, 0.29) is 6.04 Å². The standard InChI is InChI=1S/C16H21Cl2N3O/c1-3-20-5-7-21(8-6-20)15(11-19)12-9-13(17)16(22-4-2)14(18)10-12/h9-10,15H,3-8H2,1-2H3. The van der Waals surface area contributed by atoms with Gasteiger partial charge in [0.2, 0.25) is 0 Å². The second-order valence-electron chi connectivity index (χ2n) is 5.25. The Hall–Kier alpha value is -0.990. The van der Waals surface area contributed by atoms with Gasteiger partial charge in [-0.3, -0.25) is 4.90 Å². The number of likely N-dealkylation sites (N-methyl/N-ethyl adjacent to an activating group) is 1. The van der Waals surface area contributed by atoms with Crippen LogP contribution in [0.4, 0.5) is 0 Å². The molecule has 120 valence electrons. The molecule has 1 aromatic carbocycles. The molecule has 1 unspecified atom stereocenters. The predicted molar refractivity (Wildman–Crippen MR) is 89.7 cm³/mol. The number of ether oxygens (including phenoxy) is 1. The Morgan fingerprint density at radius 1 is 1.18 bits per heavy atom. The fourth-order valence-electron chi connectivity index (χ4n) is 2.72. The molecule has 4 nitrogen and oxygen atoms in total. The van der Waals surface area contributed by atoms with Gasteiger partial charge in [0.15, 0.2) is 5.75 Å². The van der Waals surface area contributed by atoms with Crippen molar-refractivity contribution in [1.82, 2.24) is 9.80 Å². The average Bonchev–Trinajstić information content (AvgIpc) is 2.52. The van der Waals surface area contributed by atoms with E-state index in [1.54, 1.807) is 12.1 Å². The lowest BCUT2D eigenvalue weighted by atomic mass is 10.1. The van der Waals surface area contributed by atoms with Crippen molar-refractivity contribution in [1.29, 1.82) is 5.26 Å². The van der Waals surface area contributed by atoms with E-state index in [4.69, 9.17) is 27.9 Å². The average molecular weight is 342 g/mol. The normalized spacial score (nSPS) is 18.0. The van der Waals surface area contributed by atoms with Crippen LogP contribution < -0.4 is 4.74 Å². The first-order valence-electron chi connectivity index (χ1n) is 7.58. The zero-order valence-electron chi connectivity index (χ0n) is 13.0.